The number of aromatic nitrogens is 1. The molecule has 7 nitrogen and oxygen atoms in total. The van der Waals surface area contributed by atoms with E-state index in [1.165, 1.54) is 0 Å². The zero-order valence-electron chi connectivity index (χ0n) is 16.2. The molecule has 28 heavy (non-hydrogen) atoms. The molecule has 0 saturated carbocycles. The monoisotopic (exact) mass is 383 g/mol. The SMILES string of the molecule is COc1cc(OC)cc(C(=O)N2CCC(C(=O)NCc3cccnc3)CC2)c1. The van der Waals surface area contributed by atoms with E-state index >= 15 is 0 Å². The van der Waals surface area contributed by atoms with Crippen LogP contribution in [0.2, 0.25) is 0 Å². The van der Waals surface area contributed by atoms with Crippen molar-refractivity contribution in [1.29, 1.82) is 0 Å². The summed E-state index contributed by atoms with van der Waals surface area (Å²) in [6.45, 7) is 1.56. The van der Waals surface area contributed by atoms with E-state index in [-0.39, 0.29) is 17.7 Å². The molecule has 1 aliphatic rings. The van der Waals surface area contributed by atoms with Crippen LogP contribution in [-0.4, -0.2) is 49.0 Å². The van der Waals surface area contributed by atoms with Gasteiger partial charge in [-0.1, -0.05) is 6.07 Å². The van der Waals surface area contributed by atoms with Gasteiger partial charge >= 0.3 is 0 Å². The van der Waals surface area contributed by atoms with Crippen LogP contribution in [0.15, 0.2) is 42.7 Å². The molecule has 0 spiro atoms. The van der Waals surface area contributed by atoms with Crippen LogP contribution < -0.4 is 14.8 Å². The standard InChI is InChI=1S/C21H25N3O4/c1-27-18-10-17(11-19(12-18)28-2)21(26)24-8-5-16(6-9-24)20(25)23-14-15-4-3-7-22-13-15/h3-4,7,10-13,16H,5-6,8-9,14H2,1-2H3,(H,23,25). The highest BCUT2D eigenvalue weighted by atomic mass is 16.5. The molecule has 0 radical (unpaired) electrons. The van der Waals surface area contributed by atoms with E-state index in [9.17, 15) is 9.59 Å². The lowest BCUT2D eigenvalue weighted by atomic mass is 9.95. The van der Waals surface area contributed by atoms with Crippen molar-refractivity contribution in [2.75, 3.05) is 27.3 Å². The first-order valence-electron chi connectivity index (χ1n) is 9.29. The Labute approximate surface area is 164 Å². The minimum Gasteiger partial charge on any atom is -0.497 e. The Morgan fingerprint density at radius 1 is 1.14 bits per heavy atom. The van der Waals surface area contributed by atoms with Crippen molar-refractivity contribution in [1.82, 2.24) is 15.2 Å². The van der Waals surface area contributed by atoms with Gasteiger partial charge in [0, 0.05) is 49.6 Å². The van der Waals surface area contributed by atoms with Gasteiger partial charge in [-0.3, -0.25) is 14.6 Å². The Bertz CT molecular complexity index is 795. The van der Waals surface area contributed by atoms with E-state index in [0.717, 1.165) is 5.56 Å². The number of nitrogens with zero attached hydrogens (tertiary/aromatic N) is 2. The van der Waals surface area contributed by atoms with E-state index in [1.807, 2.05) is 12.1 Å². The van der Waals surface area contributed by atoms with Crippen LogP contribution in [0.1, 0.15) is 28.8 Å². The van der Waals surface area contributed by atoms with Gasteiger partial charge in [-0.15, -0.1) is 0 Å². The highest BCUT2D eigenvalue weighted by molar-refractivity contribution is 5.95. The number of methoxy groups -OCH3 is 2. The number of pyridine rings is 1. The molecule has 2 aromatic rings. The normalized spacial score (nSPS) is 14.4. The van der Waals surface area contributed by atoms with E-state index in [0.29, 0.717) is 49.5 Å². The molecule has 148 valence electrons. The average Bonchev–Trinajstić information content (AvgIpc) is 2.77. The average molecular weight is 383 g/mol. The Balaban J connectivity index is 1.54. The molecule has 1 aromatic heterocycles. The summed E-state index contributed by atoms with van der Waals surface area (Å²) in [5, 5.41) is 2.96. The molecule has 2 heterocycles. The maximum absolute atomic E-state index is 12.8. The minimum atomic E-state index is -0.0828. The molecular weight excluding hydrogens is 358 g/mol. The molecule has 0 atom stereocenters. The van der Waals surface area contributed by atoms with Crippen LogP contribution in [0.4, 0.5) is 0 Å². The number of carbonyl (C=O) groups is 2. The number of benzene rings is 1. The Kier molecular flexibility index (Phi) is 6.47. The summed E-state index contributed by atoms with van der Waals surface area (Å²) in [6.07, 6.45) is 4.73. The molecule has 1 aliphatic heterocycles. The fraction of sp³-hybridized carbons (Fsp3) is 0.381. The number of piperidine rings is 1. The number of likely N-dealkylation sites (tertiary alicyclic amines) is 1. The van der Waals surface area contributed by atoms with Crippen LogP contribution in [0.25, 0.3) is 0 Å². The number of hydrogen-bond donors (Lipinski definition) is 1. The third-order valence-corrected chi connectivity index (χ3v) is 4.94. The van der Waals surface area contributed by atoms with Crippen molar-refractivity contribution in [3.8, 4) is 11.5 Å². The first-order chi connectivity index (χ1) is 13.6. The summed E-state index contributed by atoms with van der Waals surface area (Å²) in [5.74, 6) is 1.02. The predicted molar refractivity (Wildman–Crippen MR) is 104 cm³/mol. The summed E-state index contributed by atoms with van der Waals surface area (Å²) in [7, 11) is 3.11. The van der Waals surface area contributed by atoms with E-state index in [1.54, 1.807) is 49.7 Å². The third-order valence-electron chi connectivity index (χ3n) is 4.94. The molecule has 0 bridgehead atoms. The molecule has 0 unspecified atom stereocenters. The zero-order valence-corrected chi connectivity index (χ0v) is 16.2. The number of hydrogen-bond acceptors (Lipinski definition) is 5. The number of nitrogens with one attached hydrogen (secondary N) is 1. The Morgan fingerprint density at radius 2 is 1.82 bits per heavy atom. The molecule has 3 rings (SSSR count). The highest BCUT2D eigenvalue weighted by Crippen LogP contribution is 2.25. The van der Waals surface area contributed by atoms with Crippen LogP contribution in [0.3, 0.4) is 0 Å². The maximum Gasteiger partial charge on any atom is 0.254 e. The van der Waals surface area contributed by atoms with Gasteiger partial charge in [0.05, 0.1) is 14.2 Å². The summed E-state index contributed by atoms with van der Waals surface area (Å²) < 4.78 is 10.5. The first-order valence-corrected chi connectivity index (χ1v) is 9.29. The van der Waals surface area contributed by atoms with Crippen LogP contribution in [0, 0.1) is 5.92 Å². The summed E-state index contributed by atoms with van der Waals surface area (Å²) >= 11 is 0. The van der Waals surface area contributed by atoms with Crippen molar-refractivity contribution in [2.24, 2.45) is 5.92 Å². The Morgan fingerprint density at radius 3 is 2.39 bits per heavy atom. The smallest absolute Gasteiger partial charge is 0.254 e. The lowest BCUT2D eigenvalue weighted by Crippen LogP contribution is -2.42. The molecule has 2 amide bonds. The topological polar surface area (TPSA) is 80.8 Å². The van der Waals surface area contributed by atoms with Crippen molar-refractivity contribution in [2.45, 2.75) is 19.4 Å². The molecule has 1 N–H and O–H groups in total. The number of carbonyl (C=O) groups excluding carboxylic acids is 2. The zero-order chi connectivity index (χ0) is 19.9. The highest BCUT2D eigenvalue weighted by Gasteiger charge is 2.28. The summed E-state index contributed by atoms with van der Waals surface area (Å²) in [4.78, 5) is 31.1. The van der Waals surface area contributed by atoms with Gasteiger partial charge in [0.2, 0.25) is 5.91 Å². The quantitative estimate of drug-likeness (QED) is 0.828. The molecule has 7 heteroatoms. The molecule has 1 aromatic carbocycles. The fourth-order valence-electron chi connectivity index (χ4n) is 3.29. The number of amides is 2. The van der Waals surface area contributed by atoms with Crippen LogP contribution >= 0.6 is 0 Å². The first kappa shape index (κ1) is 19.7. The van der Waals surface area contributed by atoms with Gasteiger partial charge in [-0.05, 0) is 36.6 Å². The maximum atomic E-state index is 12.8. The number of rotatable bonds is 6. The van der Waals surface area contributed by atoms with E-state index in [2.05, 4.69) is 10.3 Å². The van der Waals surface area contributed by atoms with Crippen molar-refractivity contribution >= 4 is 11.8 Å². The minimum absolute atomic E-state index is 0.0269. The lowest BCUT2D eigenvalue weighted by Gasteiger charge is -2.31. The van der Waals surface area contributed by atoms with Crippen LogP contribution in [-0.2, 0) is 11.3 Å². The van der Waals surface area contributed by atoms with Gasteiger partial charge in [-0.25, -0.2) is 0 Å². The molecule has 1 fully saturated rings. The van der Waals surface area contributed by atoms with E-state index in [4.69, 9.17) is 9.47 Å². The molecule has 1 saturated heterocycles. The third kappa shape index (κ3) is 4.79. The number of ether oxygens (including phenoxy) is 2. The largest absolute Gasteiger partial charge is 0.497 e. The summed E-state index contributed by atoms with van der Waals surface area (Å²) in [5.41, 5.74) is 1.49. The van der Waals surface area contributed by atoms with Gasteiger partial charge in [0.15, 0.2) is 0 Å². The van der Waals surface area contributed by atoms with Gasteiger partial charge in [0.25, 0.3) is 5.91 Å². The molecular formula is C21H25N3O4. The van der Waals surface area contributed by atoms with Gasteiger partial charge in [-0.2, -0.15) is 0 Å². The second-order valence-electron chi connectivity index (χ2n) is 6.75. The molecule has 0 aliphatic carbocycles. The van der Waals surface area contributed by atoms with E-state index < -0.39 is 0 Å². The fourth-order valence-corrected chi connectivity index (χ4v) is 3.29. The second-order valence-corrected chi connectivity index (χ2v) is 6.75. The van der Waals surface area contributed by atoms with Gasteiger partial charge in [0.1, 0.15) is 11.5 Å². The van der Waals surface area contributed by atoms with Gasteiger partial charge < -0.3 is 19.7 Å². The lowest BCUT2D eigenvalue weighted by molar-refractivity contribution is -0.126. The van der Waals surface area contributed by atoms with Crippen molar-refractivity contribution in [3.05, 3.63) is 53.9 Å². The van der Waals surface area contributed by atoms with Crippen molar-refractivity contribution < 1.29 is 19.1 Å². The van der Waals surface area contributed by atoms with Crippen LogP contribution in [0.5, 0.6) is 11.5 Å². The van der Waals surface area contributed by atoms with Crippen molar-refractivity contribution in [3.63, 3.8) is 0 Å². The summed E-state index contributed by atoms with van der Waals surface area (Å²) in [6, 6.07) is 8.92. The Hall–Kier alpha value is -3.09. The second kappa shape index (κ2) is 9.21. The predicted octanol–water partition coefficient (Wildman–Crippen LogP) is 2.27.